The van der Waals surface area contributed by atoms with E-state index in [2.05, 4.69) is 0 Å². The van der Waals surface area contributed by atoms with Gasteiger partial charge in [-0.1, -0.05) is 12.2 Å². The highest BCUT2D eigenvalue weighted by atomic mass is 32.1. The second-order valence-electron chi connectivity index (χ2n) is 4.99. The SMILES string of the molecule is NC(=S)C1(C(=O)N2CCOC(CO)C2)CCOCC1. The average Bonchev–Trinajstić information content (AvgIpc) is 2.47. The van der Waals surface area contributed by atoms with E-state index in [9.17, 15) is 4.79 Å². The molecular formula is C12H20N2O4S. The zero-order valence-corrected chi connectivity index (χ0v) is 11.7. The fourth-order valence-electron chi connectivity index (χ4n) is 2.60. The van der Waals surface area contributed by atoms with Crippen LogP contribution in [0, 0.1) is 5.41 Å². The molecule has 1 amide bonds. The quantitative estimate of drug-likeness (QED) is 0.667. The standard InChI is InChI=1S/C12H20N2O4S/c13-10(19)12(1-4-17-5-2-12)11(16)14-3-6-18-9(7-14)8-15/h9,15H,1-8H2,(H2,13,19). The molecule has 2 aliphatic rings. The van der Waals surface area contributed by atoms with Crippen molar-refractivity contribution >= 4 is 23.1 Å². The van der Waals surface area contributed by atoms with Crippen LogP contribution in [0.2, 0.25) is 0 Å². The molecule has 1 unspecified atom stereocenters. The summed E-state index contributed by atoms with van der Waals surface area (Å²) in [5.41, 5.74) is 5.04. The molecule has 0 saturated carbocycles. The Morgan fingerprint density at radius 3 is 2.68 bits per heavy atom. The van der Waals surface area contributed by atoms with Gasteiger partial charge in [0.15, 0.2) is 0 Å². The maximum Gasteiger partial charge on any atom is 0.235 e. The lowest BCUT2D eigenvalue weighted by Gasteiger charge is -2.41. The summed E-state index contributed by atoms with van der Waals surface area (Å²) >= 11 is 5.13. The third-order valence-electron chi connectivity index (χ3n) is 3.86. The topological polar surface area (TPSA) is 85.0 Å². The van der Waals surface area contributed by atoms with Crippen LogP contribution in [0.4, 0.5) is 0 Å². The second-order valence-corrected chi connectivity index (χ2v) is 5.43. The van der Waals surface area contributed by atoms with Gasteiger partial charge in [0.05, 0.1) is 24.3 Å². The minimum absolute atomic E-state index is 0.0509. The van der Waals surface area contributed by atoms with Crippen LogP contribution in [-0.4, -0.2) is 66.5 Å². The van der Waals surface area contributed by atoms with Crippen LogP contribution < -0.4 is 5.73 Å². The predicted molar refractivity (Wildman–Crippen MR) is 72.7 cm³/mol. The van der Waals surface area contributed by atoms with Crippen LogP contribution in [0.3, 0.4) is 0 Å². The zero-order chi connectivity index (χ0) is 13.9. The van der Waals surface area contributed by atoms with Crippen molar-refractivity contribution in [3.05, 3.63) is 0 Å². The first-order chi connectivity index (χ1) is 9.10. The summed E-state index contributed by atoms with van der Waals surface area (Å²) in [5.74, 6) is -0.0509. The van der Waals surface area contributed by atoms with Crippen LogP contribution >= 0.6 is 12.2 Å². The minimum Gasteiger partial charge on any atom is -0.394 e. The highest BCUT2D eigenvalue weighted by molar-refractivity contribution is 7.80. The van der Waals surface area contributed by atoms with E-state index in [1.165, 1.54) is 0 Å². The number of rotatable bonds is 3. The lowest BCUT2D eigenvalue weighted by atomic mass is 9.78. The van der Waals surface area contributed by atoms with E-state index in [0.717, 1.165) is 0 Å². The summed E-state index contributed by atoms with van der Waals surface area (Å²) in [6.07, 6.45) is 0.742. The number of amides is 1. The molecule has 2 aliphatic heterocycles. The number of aliphatic hydroxyl groups is 1. The van der Waals surface area contributed by atoms with E-state index in [-0.39, 0.29) is 23.6 Å². The normalized spacial score (nSPS) is 27.0. The Balaban J connectivity index is 2.13. The molecule has 0 spiro atoms. The first kappa shape index (κ1) is 14.6. The molecule has 0 aromatic heterocycles. The Kier molecular flexibility index (Phi) is 4.72. The van der Waals surface area contributed by atoms with Crippen molar-refractivity contribution in [1.82, 2.24) is 4.90 Å². The smallest absolute Gasteiger partial charge is 0.235 e. The van der Waals surface area contributed by atoms with Gasteiger partial charge in [0.1, 0.15) is 5.41 Å². The van der Waals surface area contributed by atoms with Gasteiger partial charge in [-0.05, 0) is 12.8 Å². The van der Waals surface area contributed by atoms with Crippen LogP contribution in [0.5, 0.6) is 0 Å². The van der Waals surface area contributed by atoms with E-state index in [1.807, 2.05) is 0 Å². The van der Waals surface area contributed by atoms with Gasteiger partial charge in [0.25, 0.3) is 0 Å². The summed E-state index contributed by atoms with van der Waals surface area (Å²) in [6.45, 7) is 2.24. The van der Waals surface area contributed by atoms with Gasteiger partial charge in [-0.15, -0.1) is 0 Å². The maximum absolute atomic E-state index is 12.7. The summed E-state index contributed by atoms with van der Waals surface area (Å²) < 4.78 is 10.7. The number of hydrogen-bond acceptors (Lipinski definition) is 5. The third-order valence-corrected chi connectivity index (χ3v) is 4.25. The highest BCUT2D eigenvalue weighted by Crippen LogP contribution is 2.33. The molecule has 3 N–H and O–H groups in total. The van der Waals surface area contributed by atoms with Crippen LogP contribution in [0.1, 0.15) is 12.8 Å². The molecule has 2 fully saturated rings. The monoisotopic (exact) mass is 288 g/mol. The lowest BCUT2D eigenvalue weighted by molar-refractivity contribution is -0.151. The van der Waals surface area contributed by atoms with Crippen molar-refractivity contribution in [3.8, 4) is 0 Å². The maximum atomic E-state index is 12.7. The first-order valence-corrected chi connectivity index (χ1v) is 6.90. The largest absolute Gasteiger partial charge is 0.394 e. The summed E-state index contributed by atoms with van der Waals surface area (Å²) in [7, 11) is 0. The molecule has 7 heteroatoms. The van der Waals surface area contributed by atoms with Crippen molar-refractivity contribution in [2.45, 2.75) is 18.9 Å². The van der Waals surface area contributed by atoms with Crippen molar-refractivity contribution in [2.75, 3.05) is 39.5 Å². The third kappa shape index (κ3) is 2.89. The molecule has 0 aliphatic carbocycles. The second kappa shape index (κ2) is 6.13. The fraction of sp³-hybridized carbons (Fsp3) is 0.833. The molecule has 2 saturated heterocycles. The zero-order valence-electron chi connectivity index (χ0n) is 10.8. The molecule has 0 aromatic rings. The lowest BCUT2D eigenvalue weighted by Crippen LogP contribution is -2.57. The summed E-state index contributed by atoms with van der Waals surface area (Å²) in [5, 5.41) is 9.14. The van der Waals surface area contributed by atoms with Crippen molar-refractivity contribution in [3.63, 3.8) is 0 Å². The van der Waals surface area contributed by atoms with Gasteiger partial charge in [-0.25, -0.2) is 0 Å². The summed E-state index contributed by atoms with van der Waals surface area (Å²) in [4.78, 5) is 14.7. The van der Waals surface area contributed by atoms with E-state index in [0.29, 0.717) is 45.8 Å². The van der Waals surface area contributed by atoms with Crippen LogP contribution in [0.25, 0.3) is 0 Å². The van der Waals surface area contributed by atoms with E-state index >= 15 is 0 Å². The number of ether oxygens (including phenoxy) is 2. The Labute approximate surface area is 117 Å². The van der Waals surface area contributed by atoms with E-state index < -0.39 is 5.41 Å². The van der Waals surface area contributed by atoms with Crippen LogP contribution in [0.15, 0.2) is 0 Å². The van der Waals surface area contributed by atoms with E-state index in [1.54, 1.807) is 4.90 Å². The predicted octanol–water partition coefficient (Wildman–Crippen LogP) is -0.711. The van der Waals surface area contributed by atoms with Gasteiger partial charge >= 0.3 is 0 Å². The van der Waals surface area contributed by atoms with Gasteiger partial charge in [0.2, 0.25) is 5.91 Å². The van der Waals surface area contributed by atoms with Gasteiger partial charge in [-0.2, -0.15) is 0 Å². The molecular weight excluding hydrogens is 268 g/mol. The Bertz CT molecular complexity index is 358. The number of morpholine rings is 1. The fourth-order valence-corrected chi connectivity index (χ4v) is 2.89. The Morgan fingerprint density at radius 2 is 2.11 bits per heavy atom. The molecule has 0 bridgehead atoms. The van der Waals surface area contributed by atoms with E-state index in [4.69, 9.17) is 32.5 Å². The van der Waals surface area contributed by atoms with Crippen LogP contribution in [-0.2, 0) is 14.3 Å². The molecule has 0 aromatic carbocycles. The van der Waals surface area contributed by atoms with Crippen molar-refractivity contribution in [1.29, 1.82) is 0 Å². The number of nitrogens with zero attached hydrogens (tertiary/aromatic N) is 1. The molecule has 19 heavy (non-hydrogen) atoms. The number of hydrogen-bond donors (Lipinski definition) is 2. The van der Waals surface area contributed by atoms with Gasteiger partial charge < -0.3 is 25.2 Å². The number of nitrogens with two attached hydrogens (primary N) is 1. The van der Waals surface area contributed by atoms with Crippen molar-refractivity contribution < 1.29 is 19.4 Å². The molecule has 1 atom stereocenters. The number of carbonyl (C=O) groups excluding carboxylic acids is 1. The van der Waals surface area contributed by atoms with Gasteiger partial charge in [-0.3, -0.25) is 4.79 Å². The Morgan fingerprint density at radius 1 is 1.42 bits per heavy atom. The first-order valence-electron chi connectivity index (χ1n) is 6.49. The molecule has 108 valence electrons. The minimum atomic E-state index is -0.787. The number of carbonyl (C=O) groups is 1. The molecule has 2 heterocycles. The average molecular weight is 288 g/mol. The van der Waals surface area contributed by atoms with Gasteiger partial charge in [0, 0.05) is 26.3 Å². The molecule has 0 radical (unpaired) electrons. The molecule has 2 rings (SSSR count). The summed E-state index contributed by atoms with van der Waals surface area (Å²) in [6, 6.07) is 0. The van der Waals surface area contributed by atoms with Crippen molar-refractivity contribution in [2.24, 2.45) is 11.1 Å². The Hall–Kier alpha value is -0.760. The number of thiocarbonyl (C=S) groups is 1. The number of aliphatic hydroxyl groups excluding tert-OH is 1. The molecule has 6 nitrogen and oxygen atoms in total. The highest BCUT2D eigenvalue weighted by Gasteiger charge is 2.46.